The maximum absolute atomic E-state index is 14.8. The number of piperidine rings is 1. The van der Waals surface area contributed by atoms with Gasteiger partial charge in [-0.2, -0.15) is 0 Å². The standard InChI is InChI=1S/C75H100N16O12/c1-48(2)42-62(88-71(99)63(44-51-20-9-5-10-21-51)85-65(93)47-83-67(95)49(3)84-68(96)58(76)43-52-28-30-56(92)31-29-52)70(98)86-60(27-17-37-79-74(77)78)69(97)89-64(45-53-46-82-59-25-14-13-24-57(53)59)72(100)87-61(73(101)102)26-15-16-36-80-75(103)81-38-32-66(94)91(54-22-11-6-12-23-54)55-34-40-90(41-35-55)39-33-50-18-7-4-8-19-50/h4-14,18-25,28-31,46,48-49,55,58,60-64,82,92H,15-17,26-27,32-45,47,76H2,1-3H3,(H,83,95)(H,84,96)(H,85,93)(H,86,98)(H,87,100)(H,88,99)(H,89,97)(H,101,102)(H4,77,78,79)(H2,80,81,103)/t49-,58+,60+,61+,62-,63+,64+/m1/s1. The van der Waals surface area contributed by atoms with Gasteiger partial charge in [0.05, 0.1) is 12.6 Å². The van der Waals surface area contributed by atoms with Crippen LogP contribution in [0.4, 0.5) is 10.5 Å². The molecular formula is C75H100N16O12. The van der Waals surface area contributed by atoms with Crippen LogP contribution in [0.1, 0.15) is 101 Å². The molecule has 10 amide bonds. The molecule has 7 atom stereocenters. The Hall–Kier alpha value is -10.9. The van der Waals surface area contributed by atoms with E-state index in [2.05, 4.69) is 74.9 Å². The third-order valence-electron chi connectivity index (χ3n) is 17.7. The Morgan fingerprint density at radius 3 is 1.81 bits per heavy atom. The quantitative estimate of drug-likeness (QED) is 0.0149. The van der Waals surface area contributed by atoms with Gasteiger partial charge in [-0.05, 0) is 130 Å². The number of likely N-dealkylation sites (tertiary alicyclic amines) is 1. The highest BCUT2D eigenvalue weighted by Gasteiger charge is 2.35. The highest BCUT2D eigenvalue weighted by molar-refractivity contribution is 5.98. The summed E-state index contributed by atoms with van der Waals surface area (Å²) in [6.07, 6.45) is 4.83. The SMILES string of the molecule is CC(C)C[C@@H](NC(=O)[C@H](Cc1ccccc1)NC(=O)CNC(=O)[C@@H](C)NC(=O)[C@@H](N)Cc1ccc(O)cc1)C(=O)N[C@@H](CCCN=C(N)N)C(=O)N[C@@H](Cc1c[nH]c2ccccc12)C(=O)N[C@@H](CCCCNC(=O)NCCC(=O)N(c1ccccc1)C1CCN(CCc2ccccc2)CC1)C(=O)O. The average molecular weight is 1420 g/mol. The van der Waals surface area contributed by atoms with Crippen LogP contribution >= 0.6 is 0 Å². The van der Waals surface area contributed by atoms with Crippen molar-refractivity contribution >= 4 is 81.8 Å². The summed E-state index contributed by atoms with van der Waals surface area (Å²) < 4.78 is 0. The molecule has 5 aromatic carbocycles. The van der Waals surface area contributed by atoms with Crippen molar-refractivity contribution in [3.05, 3.63) is 168 Å². The van der Waals surface area contributed by atoms with Crippen LogP contribution in [0.2, 0.25) is 0 Å². The molecule has 103 heavy (non-hydrogen) atoms. The van der Waals surface area contributed by atoms with E-state index in [-0.39, 0.29) is 107 Å². The number of benzene rings is 5. The van der Waals surface area contributed by atoms with Crippen LogP contribution < -0.4 is 70.0 Å². The summed E-state index contributed by atoms with van der Waals surface area (Å²) in [5.74, 6) is -7.27. The number of carboxylic acids is 1. The largest absolute Gasteiger partial charge is 0.508 e. The van der Waals surface area contributed by atoms with Crippen molar-refractivity contribution in [2.45, 2.75) is 153 Å². The molecular weight excluding hydrogens is 1320 g/mol. The fourth-order valence-corrected chi connectivity index (χ4v) is 12.2. The molecule has 552 valence electrons. The Balaban J connectivity index is 0.954. The average Bonchev–Trinajstić information content (AvgIpc) is 1.72. The summed E-state index contributed by atoms with van der Waals surface area (Å²) in [5, 5.41) is 44.9. The van der Waals surface area contributed by atoms with Gasteiger partial charge < -0.3 is 90.0 Å². The smallest absolute Gasteiger partial charge is 0.326 e. The first-order valence-corrected chi connectivity index (χ1v) is 35.1. The summed E-state index contributed by atoms with van der Waals surface area (Å²) in [6.45, 7) is 7.32. The van der Waals surface area contributed by atoms with E-state index in [1.165, 1.54) is 24.6 Å². The topological polar surface area (TPSA) is 432 Å². The monoisotopic (exact) mass is 1420 g/mol. The van der Waals surface area contributed by atoms with Crippen LogP contribution in [0.5, 0.6) is 5.75 Å². The number of phenols is 1. The van der Waals surface area contributed by atoms with Gasteiger partial charge in [0.2, 0.25) is 47.3 Å². The molecule has 0 radical (unpaired) electrons. The number of hydrogen-bond acceptors (Lipinski definition) is 14. The summed E-state index contributed by atoms with van der Waals surface area (Å²) >= 11 is 0. The number of nitrogens with zero attached hydrogens (tertiary/aromatic N) is 3. The number of aliphatic carboxylic acids is 1. The van der Waals surface area contributed by atoms with Crippen molar-refractivity contribution in [3.63, 3.8) is 0 Å². The summed E-state index contributed by atoms with van der Waals surface area (Å²) in [5.41, 5.74) is 22.1. The third-order valence-corrected chi connectivity index (χ3v) is 17.7. The number of amides is 10. The maximum Gasteiger partial charge on any atom is 0.326 e. The van der Waals surface area contributed by atoms with Crippen molar-refractivity contribution in [1.82, 2.24) is 57.7 Å². The number of urea groups is 1. The predicted molar refractivity (Wildman–Crippen MR) is 393 cm³/mol. The normalized spacial score (nSPS) is 14.4. The molecule has 28 nitrogen and oxygen atoms in total. The number of anilines is 1. The number of aromatic hydroxyl groups is 1. The van der Waals surface area contributed by atoms with E-state index < -0.39 is 102 Å². The number of nitrogens with one attached hydrogen (secondary N) is 10. The first-order valence-electron chi connectivity index (χ1n) is 35.1. The molecule has 6 aromatic rings. The number of rotatable bonds is 40. The predicted octanol–water partition coefficient (Wildman–Crippen LogP) is 3.06. The van der Waals surface area contributed by atoms with E-state index in [9.17, 15) is 58.2 Å². The number of carboxylic acid groups (broad SMARTS) is 1. The van der Waals surface area contributed by atoms with Crippen LogP contribution in [0.3, 0.4) is 0 Å². The van der Waals surface area contributed by atoms with Gasteiger partial charge in [0, 0.05) is 87.4 Å². The van der Waals surface area contributed by atoms with Crippen LogP contribution in [0.15, 0.2) is 151 Å². The number of aromatic nitrogens is 1. The molecule has 7 rings (SSSR count). The first-order chi connectivity index (χ1) is 49.5. The molecule has 1 fully saturated rings. The molecule has 0 bridgehead atoms. The lowest BCUT2D eigenvalue weighted by molar-refractivity contribution is -0.142. The zero-order valence-corrected chi connectivity index (χ0v) is 58.7. The fraction of sp³-hybridized carbons (Fsp3) is 0.427. The Morgan fingerprint density at radius 2 is 1.15 bits per heavy atom. The second-order valence-corrected chi connectivity index (χ2v) is 26.3. The zero-order chi connectivity index (χ0) is 74.2. The van der Waals surface area contributed by atoms with E-state index in [4.69, 9.17) is 17.2 Å². The van der Waals surface area contributed by atoms with Crippen LogP contribution in [0.25, 0.3) is 10.9 Å². The number of aliphatic imine (C=N–C) groups is 1. The number of phenolic OH excluding ortho intramolecular Hbond substituents is 1. The van der Waals surface area contributed by atoms with E-state index >= 15 is 0 Å². The molecule has 18 N–H and O–H groups in total. The highest BCUT2D eigenvalue weighted by Crippen LogP contribution is 2.26. The zero-order valence-electron chi connectivity index (χ0n) is 58.7. The number of para-hydroxylation sites is 2. The Bertz CT molecular complexity index is 3770. The molecule has 2 heterocycles. The number of unbranched alkanes of at least 4 members (excludes halogenated alkanes) is 1. The van der Waals surface area contributed by atoms with Gasteiger partial charge in [0.15, 0.2) is 5.96 Å². The summed E-state index contributed by atoms with van der Waals surface area (Å²) in [6, 6.07) is 32.5. The molecule has 1 aromatic heterocycles. The van der Waals surface area contributed by atoms with Gasteiger partial charge in [-0.25, -0.2) is 9.59 Å². The molecule has 1 saturated heterocycles. The molecule has 0 saturated carbocycles. The molecule has 0 aliphatic carbocycles. The van der Waals surface area contributed by atoms with E-state index in [0.717, 1.165) is 55.5 Å². The molecule has 1 aliphatic rings. The Kier molecular flexibility index (Phi) is 31.7. The summed E-state index contributed by atoms with van der Waals surface area (Å²) in [7, 11) is 0. The van der Waals surface area contributed by atoms with Gasteiger partial charge in [-0.1, -0.05) is 123 Å². The minimum Gasteiger partial charge on any atom is -0.508 e. The fourth-order valence-electron chi connectivity index (χ4n) is 12.2. The second kappa shape index (κ2) is 41.1. The first kappa shape index (κ1) is 79.5. The lowest BCUT2D eigenvalue weighted by Gasteiger charge is -2.38. The Labute approximate surface area is 600 Å². The Morgan fingerprint density at radius 1 is 0.583 bits per heavy atom. The second-order valence-electron chi connectivity index (χ2n) is 26.3. The van der Waals surface area contributed by atoms with E-state index in [1.54, 1.807) is 54.7 Å². The van der Waals surface area contributed by atoms with Crippen molar-refractivity contribution in [3.8, 4) is 5.75 Å². The summed E-state index contributed by atoms with van der Waals surface area (Å²) in [4.78, 5) is 149. The van der Waals surface area contributed by atoms with Crippen molar-refractivity contribution in [2.24, 2.45) is 28.1 Å². The third kappa shape index (κ3) is 26.9. The minimum absolute atomic E-state index is 0.00202. The van der Waals surface area contributed by atoms with Crippen LogP contribution in [0, 0.1) is 5.92 Å². The molecule has 0 spiro atoms. The van der Waals surface area contributed by atoms with E-state index in [0.29, 0.717) is 23.1 Å². The lowest BCUT2D eigenvalue weighted by atomic mass is 10.00. The number of carbonyl (C=O) groups excluding carboxylic acids is 9. The minimum atomic E-state index is -1.44. The van der Waals surface area contributed by atoms with E-state index in [1.807, 2.05) is 85.5 Å². The number of H-pyrrole nitrogens is 1. The molecule has 28 heteroatoms. The molecule has 0 unspecified atom stereocenters. The van der Waals surface area contributed by atoms with Gasteiger partial charge in [-0.15, -0.1) is 0 Å². The molecule has 1 aliphatic heterocycles. The highest BCUT2D eigenvalue weighted by atomic mass is 16.4. The van der Waals surface area contributed by atoms with Gasteiger partial charge in [0.25, 0.3) is 0 Å². The van der Waals surface area contributed by atoms with Gasteiger partial charge in [-0.3, -0.25) is 43.3 Å². The van der Waals surface area contributed by atoms with Crippen molar-refractivity contribution in [2.75, 3.05) is 50.7 Å². The number of nitrogens with two attached hydrogens (primary N) is 3. The van der Waals surface area contributed by atoms with Crippen LogP contribution in [-0.4, -0.2) is 179 Å². The van der Waals surface area contributed by atoms with Gasteiger partial charge in [0.1, 0.15) is 42.0 Å². The number of fused-ring (bicyclic) bond motifs is 1. The number of hydrogen-bond donors (Lipinski definition) is 15. The van der Waals surface area contributed by atoms with Crippen LogP contribution in [-0.2, 0) is 68.8 Å². The van der Waals surface area contributed by atoms with Crippen molar-refractivity contribution in [1.29, 1.82) is 0 Å². The number of guanidine groups is 1. The number of carbonyl (C=O) groups is 10. The lowest BCUT2D eigenvalue weighted by Crippen LogP contribution is -2.59. The maximum atomic E-state index is 14.8. The van der Waals surface area contributed by atoms with Crippen molar-refractivity contribution < 1.29 is 58.2 Å². The van der Waals surface area contributed by atoms with Gasteiger partial charge >= 0.3 is 12.0 Å². The number of aromatic amines is 1.